The molecular weight excluding hydrogens is 488 g/mol. The Morgan fingerprint density at radius 1 is 0.800 bits per heavy atom. The predicted octanol–water partition coefficient (Wildman–Crippen LogP) is 8.78. The van der Waals surface area contributed by atoms with Crippen molar-refractivity contribution in [1.82, 2.24) is 19.9 Å². The Kier molecular flexibility index (Phi) is 7.23. The molecular formula is C36H30N4. The highest BCUT2D eigenvalue weighted by Gasteiger charge is 2.18. The minimum absolute atomic E-state index is 0.688. The molecule has 4 nitrogen and oxygen atoms in total. The summed E-state index contributed by atoms with van der Waals surface area (Å²) >= 11 is 0. The van der Waals surface area contributed by atoms with Crippen LogP contribution in [0.15, 0.2) is 116 Å². The molecule has 1 aliphatic rings. The molecule has 1 aliphatic carbocycles. The van der Waals surface area contributed by atoms with Gasteiger partial charge < -0.3 is 0 Å². The van der Waals surface area contributed by atoms with Crippen molar-refractivity contribution in [2.75, 3.05) is 0 Å². The van der Waals surface area contributed by atoms with Crippen molar-refractivity contribution in [1.29, 1.82) is 0 Å². The highest BCUT2D eigenvalue weighted by Crippen LogP contribution is 2.33. The van der Waals surface area contributed by atoms with E-state index in [9.17, 15) is 0 Å². The molecule has 0 unspecified atom stereocenters. The first-order chi connectivity index (χ1) is 19.7. The molecule has 0 bridgehead atoms. The number of pyridine rings is 2. The van der Waals surface area contributed by atoms with Crippen LogP contribution in [0.4, 0.5) is 0 Å². The zero-order valence-corrected chi connectivity index (χ0v) is 22.8. The molecule has 0 amide bonds. The number of benzene rings is 2. The molecule has 194 valence electrons. The molecule has 0 atom stereocenters. The Labute approximate surface area is 235 Å². The van der Waals surface area contributed by atoms with E-state index in [4.69, 9.17) is 19.9 Å². The smallest absolute Gasteiger partial charge is 0.156 e. The number of aromatic nitrogens is 4. The summed E-state index contributed by atoms with van der Waals surface area (Å²) in [7, 11) is 0. The number of hydrogen-bond acceptors (Lipinski definition) is 4. The van der Waals surface area contributed by atoms with Gasteiger partial charge in [-0.3, -0.25) is 9.97 Å². The van der Waals surface area contributed by atoms with Gasteiger partial charge in [-0.1, -0.05) is 98.0 Å². The molecule has 0 saturated carbocycles. The number of nitrogens with zero attached hydrogens (tertiary/aromatic N) is 4. The van der Waals surface area contributed by atoms with Crippen molar-refractivity contribution >= 4 is 28.0 Å². The minimum atomic E-state index is 0.688. The van der Waals surface area contributed by atoms with Gasteiger partial charge in [0.25, 0.3) is 0 Å². The number of hydrogen-bond donors (Lipinski definition) is 0. The van der Waals surface area contributed by atoms with Crippen LogP contribution >= 0.6 is 0 Å². The Morgan fingerprint density at radius 3 is 2.38 bits per heavy atom. The summed E-state index contributed by atoms with van der Waals surface area (Å²) in [6, 6.07) is 24.9. The third kappa shape index (κ3) is 5.04. The van der Waals surface area contributed by atoms with Crippen molar-refractivity contribution in [3.8, 4) is 22.8 Å². The molecule has 0 saturated heterocycles. The Bertz CT molecular complexity index is 1800. The molecule has 0 N–H and O–H groups in total. The van der Waals surface area contributed by atoms with E-state index >= 15 is 0 Å². The number of fused-ring (bicyclic) bond motifs is 1. The van der Waals surface area contributed by atoms with Crippen molar-refractivity contribution in [3.05, 3.63) is 138 Å². The van der Waals surface area contributed by atoms with Crippen molar-refractivity contribution in [2.45, 2.75) is 26.7 Å². The molecule has 0 radical (unpaired) electrons. The predicted molar refractivity (Wildman–Crippen MR) is 166 cm³/mol. The van der Waals surface area contributed by atoms with Gasteiger partial charge in [-0.2, -0.15) is 0 Å². The van der Waals surface area contributed by atoms with E-state index in [-0.39, 0.29) is 0 Å². The second-order valence-corrected chi connectivity index (χ2v) is 9.72. The standard InChI is InChI=1S/C36H30N4/c1-3-11-30-25(4-2)20-22-37-34(30)32-24-33(35-31-17-9-8-14-28(31)21-23-38-35)40-36(39-32)29-16-10-15-27(18-19-29)26-12-6-5-7-13-26/h3,5-15,17-24H,4,16H2,1-2H3/b11-3-. The summed E-state index contributed by atoms with van der Waals surface area (Å²) < 4.78 is 0. The van der Waals surface area contributed by atoms with E-state index in [1.807, 2.05) is 49.6 Å². The summed E-state index contributed by atoms with van der Waals surface area (Å²) in [5.74, 6) is 0.688. The third-order valence-corrected chi connectivity index (χ3v) is 7.17. The summed E-state index contributed by atoms with van der Waals surface area (Å²) in [5.41, 5.74) is 8.99. The first kappa shape index (κ1) is 25.3. The van der Waals surface area contributed by atoms with Gasteiger partial charge in [0.2, 0.25) is 0 Å². The van der Waals surface area contributed by atoms with Gasteiger partial charge >= 0.3 is 0 Å². The van der Waals surface area contributed by atoms with Crippen LogP contribution in [0.2, 0.25) is 0 Å². The largest absolute Gasteiger partial charge is 0.254 e. The van der Waals surface area contributed by atoms with Gasteiger partial charge in [0.1, 0.15) is 0 Å². The van der Waals surface area contributed by atoms with Gasteiger partial charge in [-0.15, -0.1) is 0 Å². The van der Waals surface area contributed by atoms with Crippen LogP contribution in [0.5, 0.6) is 0 Å². The lowest BCUT2D eigenvalue weighted by atomic mass is 10.0. The van der Waals surface area contributed by atoms with E-state index in [0.717, 1.165) is 63.1 Å². The number of aryl methyl sites for hydroxylation is 1. The van der Waals surface area contributed by atoms with Crippen LogP contribution in [0.1, 0.15) is 42.8 Å². The van der Waals surface area contributed by atoms with Crippen molar-refractivity contribution < 1.29 is 0 Å². The fourth-order valence-corrected chi connectivity index (χ4v) is 5.15. The Hall–Kier alpha value is -4.96. The van der Waals surface area contributed by atoms with Crippen LogP contribution in [-0.2, 0) is 6.42 Å². The van der Waals surface area contributed by atoms with Crippen LogP contribution < -0.4 is 0 Å². The Balaban J connectivity index is 1.57. The zero-order chi connectivity index (χ0) is 27.3. The van der Waals surface area contributed by atoms with E-state index in [1.165, 1.54) is 11.1 Å². The lowest BCUT2D eigenvalue weighted by Gasteiger charge is -2.13. The molecule has 6 rings (SSSR count). The highest BCUT2D eigenvalue weighted by molar-refractivity contribution is 5.94. The number of rotatable bonds is 6. The van der Waals surface area contributed by atoms with Gasteiger partial charge in [0.15, 0.2) is 5.82 Å². The average Bonchev–Trinajstić information content (AvgIpc) is 3.28. The average molecular weight is 519 g/mol. The zero-order valence-electron chi connectivity index (χ0n) is 22.8. The monoisotopic (exact) mass is 518 g/mol. The molecule has 3 heterocycles. The molecule has 40 heavy (non-hydrogen) atoms. The minimum Gasteiger partial charge on any atom is -0.254 e. The van der Waals surface area contributed by atoms with Crippen molar-refractivity contribution in [2.24, 2.45) is 0 Å². The van der Waals surface area contributed by atoms with Gasteiger partial charge in [-0.25, -0.2) is 9.97 Å². The maximum Gasteiger partial charge on any atom is 0.156 e. The van der Waals surface area contributed by atoms with Crippen molar-refractivity contribution in [3.63, 3.8) is 0 Å². The first-order valence-corrected chi connectivity index (χ1v) is 13.7. The first-order valence-electron chi connectivity index (χ1n) is 13.7. The number of allylic oxidation sites excluding steroid dienone is 7. The molecule has 0 fully saturated rings. The van der Waals surface area contributed by atoms with E-state index in [0.29, 0.717) is 5.82 Å². The highest BCUT2D eigenvalue weighted by atomic mass is 14.9. The normalized spacial score (nSPS) is 13.3. The molecule has 0 aliphatic heterocycles. The fraction of sp³-hybridized carbons (Fsp3) is 0.111. The molecule has 4 heteroatoms. The van der Waals surface area contributed by atoms with Crippen LogP contribution in [0.3, 0.4) is 0 Å². The van der Waals surface area contributed by atoms with Gasteiger partial charge in [0.05, 0.1) is 22.8 Å². The topological polar surface area (TPSA) is 51.6 Å². The van der Waals surface area contributed by atoms with Crippen LogP contribution in [0.25, 0.3) is 50.8 Å². The van der Waals surface area contributed by atoms with Gasteiger partial charge in [-0.05, 0) is 60.1 Å². The van der Waals surface area contributed by atoms with Gasteiger partial charge in [0, 0.05) is 28.9 Å². The third-order valence-electron chi connectivity index (χ3n) is 7.17. The summed E-state index contributed by atoms with van der Waals surface area (Å²) in [6.07, 6.45) is 18.2. The SMILES string of the molecule is C/C=C\c1c(CC)ccnc1-c1cc(-c2nccc3ccccc23)nc(C2=CC=C(c3ccccc3)C=CC2)n1. The summed E-state index contributed by atoms with van der Waals surface area (Å²) in [4.78, 5) is 19.8. The summed E-state index contributed by atoms with van der Waals surface area (Å²) in [6.45, 7) is 4.20. The van der Waals surface area contributed by atoms with E-state index in [2.05, 4.69) is 85.8 Å². The molecule has 5 aromatic rings. The van der Waals surface area contributed by atoms with E-state index in [1.54, 1.807) is 0 Å². The summed E-state index contributed by atoms with van der Waals surface area (Å²) in [5, 5.41) is 2.19. The quantitative estimate of drug-likeness (QED) is 0.225. The second kappa shape index (κ2) is 11.4. The lowest BCUT2D eigenvalue weighted by Crippen LogP contribution is -2.03. The maximum atomic E-state index is 5.12. The fourth-order valence-electron chi connectivity index (χ4n) is 5.15. The maximum absolute atomic E-state index is 5.12. The van der Waals surface area contributed by atoms with E-state index < -0.39 is 0 Å². The Morgan fingerprint density at radius 2 is 1.55 bits per heavy atom. The van der Waals surface area contributed by atoms with Crippen LogP contribution in [-0.4, -0.2) is 19.9 Å². The lowest BCUT2D eigenvalue weighted by molar-refractivity contribution is 1.07. The van der Waals surface area contributed by atoms with Crippen LogP contribution in [0, 0.1) is 0 Å². The molecule has 3 aromatic heterocycles. The molecule has 2 aromatic carbocycles. The second-order valence-electron chi connectivity index (χ2n) is 9.72. The molecule has 0 spiro atoms.